The van der Waals surface area contributed by atoms with Gasteiger partial charge in [0.2, 0.25) is 0 Å². The van der Waals surface area contributed by atoms with Crippen molar-refractivity contribution < 1.29 is 9.53 Å². The number of hydrogen-bond donors (Lipinski definition) is 1. The van der Waals surface area contributed by atoms with Crippen LogP contribution in [0.3, 0.4) is 0 Å². The van der Waals surface area contributed by atoms with Crippen molar-refractivity contribution in [1.82, 2.24) is 15.3 Å². The minimum atomic E-state index is -0.0986. The molecule has 3 rings (SSSR count). The van der Waals surface area contributed by atoms with E-state index in [9.17, 15) is 4.79 Å². The molecule has 0 spiro atoms. The van der Waals surface area contributed by atoms with E-state index in [1.54, 1.807) is 13.3 Å². The van der Waals surface area contributed by atoms with Crippen molar-refractivity contribution >= 4 is 17.2 Å². The predicted molar refractivity (Wildman–Crippen MR) is 85.3 cm³/mol. The second-order valence-corrected chi connectivity index (χ2v) is 6.61. The monoisotopic (exact) mass is 317 g/mol. The van der Waals surface area contributed by atoms with Crippen LogP contribution in [0.2, 0.25) is 0 Å². The molecular weight excluding hydrogens is 298 g/mol. The van der Waals surface area contributed by atoms with Crippen LogP contribution in [0.15, 0.2) is 18.3 Å². The van der Waals surface area contributed by atoms with E-state index in [1.165, 1.54) is 11.3 Å². The quantitative estimate of drug-likeness (QED) is 0.920. The third-order valence-corrected chi connectivity index (χ3v) is 4.91. The fourth-order valence-electron chi connectivity index (χ4n) is 2.47. The standard InChI is InChI=1S/C16H19N3O2S/c1-9-6-7-17-12(8-9)13(11-4-5-11)19-15(20)14-10(2)18-16(21-3)22-14/h6-8,11,13H,4-5H2,1-3H3,(H,19,20). The van der Waals surface area contributed by atoms with Crippen molar-refractivity contribution in [3.8, 4) is 5.19 Å². The average Bonchev–Trinajstić information content (AvgIpc) is 3.26. The largest absolute Gasteiger partial charge is 0.473 e. The lowest BCUT2D eigenvalue weighted by Gasteiger charge is -2.17. The first-order chi connectivity index (χ1) is 10.6. The summed E-state index contributed by atoms with van der Waals surface area (Å²) >= 11 is 1.27. The number of ether oxygens (including phenoxy) is 1. The summed E-state index contributed by atoms with van der Waals surface area (Å²) in [6.45, 7) is 3.86. The predicted octanol–water partition coefficient (Wildman–Crippen LogP) is 3.04. The molecule has 1 aliphatic rings. The highest BCUT2D eigenvalue weighted by Crippen LogP contribution is 2.41. The van der Waals surface area contributed by atoms with E-state index in [1.807, 2.05) is 26.0 Å². The Bertz CT molecular complexity index is 694. The Hall–Kier alpha value is -1.95. The van der Waals surface area contributed by atoms with Gasteiger partial charge in [-0.2, -0.15) is 0 Å². The molecule has 0 radical (unpaired) electrons. The van der Waals surface area contributed by atoms with Crippen LogP contribution in [0.4, 0.5) is 0 Å². The lowest BCUT2D eigenvalue weighted by molar-refractivity contribution is 0.0934. The highest BCUT2D eigenvalue weighted by molar-refractivity contribution is 7.15. The molecule has 0 aromatic carbocycles. The Morgan fingerprint density at radius 3 is 2.82 bits per heavy atom. The Kier molecular flexibility index (Phi) is 4.11. The number of nitrogens with zero attached hydrogens (tertiary/aromatic N) is 2. The number of nitrogens with one attached hydrogen (secondary N) is 1. The smallest absolute Gasteiger partial charge is 0.273 e. The van der Waals surface area contributed by atoms with Crippen molar-refractivity contribution in [3.63, 3.8) is 0 Å². The molecule has 2 aromatic heterocycles. The van der Waals surface area contributed by atoms with Crippen LogP contribution in [0.1, 0.15) is 45.5 Å². The number of aryl methyl sites for hydroxylation is 2. The van der Waals surface area contributed by atoms with Gasteiger partial charge in [0.1, 0.15) is 4.88 Å². The van der Waals surface area contributed by atoms with Crippen LogP contribution < -0.4 is 10.1 Å². The Morgan fingerprint density at radius 2 is 2.23 bits per heavy atom. The molecule has 0 saturated heterocycles. The van der Waals surface area contributed by atoms with E-state index in [4.69, 9.17) is 4.74 Å². The molecule has 0 bridgehead atoms. The van der Waals surface area contributed by atoms with Crippen LogP contribution in [0.5, 0.6) is 5.19 Å². The summed E-state index contributed by atoms with van der Waals surface area (Å²) in [5.74, 6) is 0.381. The summed E-state index contributed by atoms with van der Waals surface area (Å²) < 4.78 is 5.11. The first-order valence-corrected chi connectivity index (χ1v) is 8.15. The third kappa shape index (κ3) is 3.11. The molecule has 22 heavy (non-hydrogen) atoms. The Labute approximate surface area is 133 Å². The number of carbonyl (C=O) groups is 1. The highest BCUT2D eigenvalue weighted by Gasteiger charge is 2.35. The highest BCUT2D eigenvalue weighted by atomic mass is 32.1. The second-order valence-electron chi connectivity index (χ2n) is 5.65. The molecule has 1 saturated carbocycles. The van der Waals surface area contributed by atoms with E-state index < -0.39 is 0 Å². The van der Waals surface area contributed by atoms with Gasteiger partial charge in [0, 0.05) is 6.20 Å². The number of carbonyl (C=O) groups excluding carboxylic acids is 1. The molecule has 2 aromatic rings. The topological polar surface area (TPSA) is 64.1 Å². The maximum Gasteiger partial charge on any atom is 0.273 e. The summed E-state index contributed by atoms with van der Waals surface area (Å²) in [6.07, 6.45) is 4.06. The van der Waals surface area contributed by atoms with Crippen molar-refractivity contribution in [2.24, 2.45) is 5.92 Å². The van der Waals surface area contributed by atoms with Crippen molar-refractivity contribution in [2.45, 2.75) is 32.7 Å². The van der Waals surface area contributed by atoms with Gasteiger partial charge in [0.15, 0.2) is 0 Å². The number of rotatable bonds is 5. The van der Waals surface area contributed by atoms with Gasteiger partial charge in [-0.3, -0.25) is 9.78 Å². The van der Waals surface area contributed by atoms with Crippen LogP contribution in [0, 0.1) is 19.8 Å². The lowest BCUT2D eigenvalue weighted by atomic mass is 10.1. The molecule has 0 aliphatic heterocycles. The second kappa shape index (κ2) is 6.04. The van der Waals surface area contributed by atoms with Gasteiger partial charge in [-0.05, 0) is 50.3 Å². The van der Waals surface area contributed by atoms with Crippen molar-refractivity contribution in [2.75, 3.05) is 7.11 Å². The number of thiazole rings is 1. The maximum atomic E-state index is 12.6. The Morgan fingerprint density at radius 1 is 1.45 bits per heavy atom. The van der Waals surface area contributed by atoms with Crippen LogP contribution in [-0.4, -0.2) is 23.0 Å². The summed E-state index contributed by atoms with van der Waals surface area (Å²) in [4.78, 5) is 21.8. The Balaban J connectivity index is 1.82. The van der Waals surface area contributed by atoms with E-state index in [0.717, 1.165) is 24.1 Å². The van der Waals surface area contributed by atoms with Gasteiger partial charge in [-0.25, -0.2) is 4.98 Å². The van der Waals surface area contributed by atoms with Crippen molar-refractivity contribution in [1.29, 1.82) is 0 Å². The van der Waals surface area contributed by atoms with Gasteiger partial charge in [-0.1, -0.05) is 11.3 Å². The summed E-state index contributed by atoms with van der Waals surface area (Å²) in [7, 11) is 1.56. The zero-order chi connectivity index (χ0) is 15.7. The first-order valence-electron chi connectivity index (χ1n) is 7.33. The maximum absolute atomic E-state index is 12.6. The summed E-state index contributed by atoms with van der Waals surface area (Å²) in [5.41, 5.74) is 2.79. The van der Waals surface area contributed by atoms with E-state index in [-0.39, 0.29) is 11.9 Å². The number of methoxy groups -OCH3 is 1. The molecule has 5 nitrogen and oxygen atoms in total. The van der Waals surface area contributed by atoms with E-state index in [2.05, 4.69) is 15.3 Å². The minimum Gasteiger partial charge on any atom is -0.473 e. The molecular formula is C16H19N3O2S. The molecule has 1 aliphatic carbocycles. The fourth-order valence-corrected chi connectivity index (χ4v) is 3.25. The SMILES string of the molecule is COc1nc(C)c(C(=O)NC(c2cc(C)ccn2)C2CC2)s1. The molecule has 6 heteroatoms. The molecule has 1 fully saturated rings. The number of hydrogen-bond acceptors (Lipinski definition) is 5. The van der Waals surface area contributed by atoms with Gasteiger partial charge in [0.05, 0.1) is 24.5 Å². The van der Waals surface area contributed by atoms with E-state index >= 15 is 0 Å². The van der Waals surface area contributed by atoms with Gasteiger partial charge < -0.3 is 10.1 Å². The molecule has 1 unspecified atom stereocenters. The zero-order valence-electron chi connectivity index (χ0n) is 12.9. The number of aromatic nitrogens is 2. The van der Waals surface area contributed by atoms with Gasteiger partial charge in [-0.15, -0.1) is 0 Å². The molecule has 2 heterocycles. The van der Waals surface area contributed by atoms with Gasteiger partial charge in [0.25, 0.3) is 11.1 Å². The fraction of sp³-hybridized carbons (Fsp3) is 0.438. The van der Waals surface area contributed by atoms with Crippen LogP contribution in [-0.2, 0) is 0 Å². The number of amides is 1. The average molecular weight is 317 g/mol. The summed E-state index contributed by atoms with van der Waals surface area (Å²) in [6, 6.07) is 3.98. The summed E-state index contributed by atoms with van der Waals surface area (Å²) in [5, 5.41) is 3.64. The normalized spacial score (nSPS) is 15.4. The zero-order valence-corrected chi connectivity index (χ0v) is 13.7. The first kappa shape index (κ1) is 15.0. The van der Waals surface area contributed by atoms with Crippen LogP contribution >= 0.6 is 11.3 Å². The number of pyridine rings is 1. The molecule has 1 N–H and O–H groups in total. The van der Waals surface area contributed by atoms with Crippen molar-refractivity contribution in [3.05, 3.63) is 40.2 Å². The van der Waals surface area contributed by atoms with Gasteiger partial charge >= 0.3 is 0 Å². The van der Waals surface area contributed by atoms with Crippen LogP contribution in [0.25, 0.3) is 0 Å². The molecule has 1 amide bonds. The lowest BCUT2D eigenvalue weighted by Crippen LogP contribution is -2.30. The molecule has 1 atom stereocenters. The van der Waals surface area contributed by atoms with E-state index in [0.29, 0.717) is 21.7 Å². The minimum absolute atomic E-state index is 0.0279. The molecule has 116 valence electrons. The third-order valence-electron chi connectivity index (χ3n) is 3.79.